The van der Waals surface area contributed by atoms with Crippen LogP contribution in [0.5, 0.6) is 5.75 Å². The molecule has 5 nitrogen and oxygen atoms in total. The molecule has 0 saturated heterocycles. The van der Waals surface area contributed by atoms with Crippen LogP contribution < -0.4 is 10.9 Å². The van der Waals surface area contributed by atoms with Crippen LogP contribution in [0.1, 0.15) is 52.7 Å². The van der Waals surface area contributed by atoms with Gasteiger partial charge in [0.05, 0.1) is 5.69 Å². The van der Waals surface area contributed by atoms with Crippen LogP contribution in [0.15, 0.2) is 12.1 Å². The predicted octanol–water partition coefficient (Wildman–Crippen LogP) is 3.35. The summed E-state index contributed by atoms with van der Waals surface area (Å²) in [5.74, 6) is 5.81. The van der Waals surface area contributed by atoms with Gasteiger partial charge >= 0.3 is 6.09 Å². The fourth-order valence-electron chi connectivity index (χ4n) is 2.08. The number of rotatable bonds is 1. The van der Waals surface area contributed by atoms with Crippen molar-refractivity contribution >= 4 is 11.8 Å². The molecule has 0 aliphatic heterocycles. The predicted molar refractivity (Wildman–Crippen MR) is 80.2 cm³/mol. The monoisotopic (exact) mass is 280 g/mol. The molecule has 112 valence electrons. The van der Waals surface area contributed by atoms with Crippen LogP contribution in [-0.2, 0) is 10.8 Å². The van der Waals surface area contributed by atoms with Gasteiger partial charge in [-0.3, -0.25) is 0 Å². The van der Waals surface area contributed by atoms with E-state index in [4.69, 9.17) is 10.9 Å². The summed E-state index contributed by atoms with van der Waals surface area (Å²) < 4.78 is 0. The minimum atomic E-state index is -1.24. The maximum atomic E-state index is 11.2. The van der Waals surface area contributed by atoms with Crippen molar-refractivity contribution in [3.63, 3.8) is 0 Å². The summed E-state index contributed by atoms with van der Waals surface area (Å²) in [6.07, 6.45) is -1.24. The molecule has 0 aliphatic carbocycles. The molecule has 1 aromatic carbocycles. The van der Waals surface area contributed by atoms with Crippen LogP contribution in [0.25, 0.3) is 0 Å². The number of nitrogens with zero attached hydrogens (tertiary/aromatic N) is 1. The molecular weight excluding hydrogens is 256 g/mol. The fraction of sp³-hybridized carbons (Fsp3) is 0.533. The molecule has 0 radical (unpaired) electrons. The highest BCUT2D eigenvalue weighted by atomic mass is 16.4. The van der Waals surface area contributed by atoms with Gasteiger partial charge in [0.15, 0.2) is 0 Å². The Hall–Kier alpha value is -1.75. The van der Waals surface area contributed by atoms with Crippen LogP contribution >= 0.6 is 0 Å². The zero-order valence-corrected chi connectivity index (χ0v) is 13.0. The summed E-state index contributed by atoms with van der Waals surface area (Å²) in [4.78, 5) is 11.2. The van der Waals surface area contributed by atoms with Gasteiger partial charge in [-0.15, -0.1) is 0 Å². The van der Waals surface area contributed by atoms with Crippen LogP contribution in [0, 0.1) is 0 Å². The van der Waals surface area contributed by atoms with Gasteiger partial charge in [-0.2, -0.15) is 0 Å². The number of phenolic OH excluding ortho intramolecular Hbond substituents is 1. The highest BCUT2D eigenvalue weighted by molar-refractivity contribution is 5.86. The Kier molecular flexibility index (Phi) is 4.06. The number of hydrazine groups is 1. The fourth-order valence-corrected chi connectivity index (χ4v) is 2.08. The van der Waals surface area contributed by atoms with E-state index in [0.29, 0.717) is 21.8 Å². The van der Waals surface area contributed by atoms with Gasteiger partial charge in [-0.25, -0.2) is 15.6 Å². The quantitative estimate of drug-likeness (QED) is 0.418. The molecule has 0 heterocycles. The van der Waals surface area contributed by atoms with Gasteiger partial charge in [0.25, 0.3) is 0 Å². The van der Waals surface area contributed by atoms with E-state index in [1.165, 1.54) is 0 Å². The molecule has 0 unspecified atom stereocenters. The number of carboxylic acid groups (broad SMARTS) is 1. The third-order valence-electron chi connectivity index (χ3n) is 3.20. The van der Waals surface area contributed by atoms with Crippen LogP contribution in [0.4, 0.5) is 10.5 Å². The van der Waals surface area contributed by atoms with Crippen LogP contribution in [-0.4, -0.2) is 16.3 Å². The average Bonchev–Trinajstić information content (AvgIpc) is 2.24. The summed E-state index contributed by atoms with van der Waals surface area (Å²) >= 11 is 0. The van der Waals surface area contributed by atoms with Gasteiger partial charge < -0.3 is 10.2 Å². The second kappa shape index (κ2) is 4.98. The normalized spacial score (nSPS) is 12.3. The molecule has 1 rings (SSSR count). The van der Waals surface area contributed by atoms with E-state index in [0.717, 1.165) is 0 Å². The Labute approximate surface area is 120 Å². The second-order valence-corrected chi connectivity index (χ2v) is 7.04. The minimum absolute atomic E-state index is 0.157. The van der Waals surface area contributed by atoms with Crippen molar-refractivity contribution in [2.45, 2.75) is 52.4 Å². The van der Waals surface area contributed by atoms with Crippen molar-refractivity contribution in [1.29, 1.82) is 0 Å². The molecule has 0 spiro atoms. The van der Waals surface area contributed by atoms with E-state index in [-0.39, 0.29) is 16.6 Å². The lowest BCUT2D eigenvalue weighted by molar-refractivity contribution is 0.202. The number of hydrogen-bond acceptors (Lipinski definition) is 3. The van der Waals surface area contributed by atoms with E-state index in [1.807, 2.05) is 41.5 Å². The highest BCUT2D eigenvalue weighted by Gasteiger charge is 2.28. The molecule has 1 aromatic rings. The summed E-state index contributed by atoms with van der Waals surface area (Å²) in [5.41, 5.74) is 1.10. The van der Waals surface area contributed by atoms with Crippen molar-refractivity contribution in [3.8, 4) is 5.75 Å². The lowest BCUT2D eigenvalue weighted by atomic mass is 9.80. The molecule has 4 N–H and O–H groups in total. The van der Waals surface area contributed by atoms with Crippen molar-refractivity contribution in [1.82, 2.24) is 0 Å². The zero-order valence-electron chi connectivity index (χ0n) is 13.0. The Morgan fingerprint density at radius 1 is 1.05 bits per heavy atom. The number of hydrogen-bond donors (Lipinski definition) is 3. The Morgan fingerprint density at radius 2 is 1.50 bits per heavy atom. The largest absolute Gasteiger partial charge is 0.508 e. The summed E-state index contributed by atoms with van der Waals surface area (Å²) in [6.45, 7) is 11.7. The molecule has 20 heavy (non-hydrogen) atoms. The Morgan fingerprint density at radius 3 is 1.85 bits per heavy atom. The SMILES string of the molecule is CC(C)(C)c1cc(N(N)C(=O)O)c(C(C)(C)C)cc1O. The first-order valence-electron chi connectivity index (χ1n) is 6.51. The Balaban J connectivity index is 3.63. The molecule has 0 aliphatic rings. The van der Waals surface area contributed by atoms with Crippen LogP contribution in [0.2, 0.25) is 0 Å². The third-order valence-corrected chi connectivity index (χ3v) is 3.20. The smallest absolute Gasteiger partial charge is 0.426 e. The number of benzene rings is 1. The maximum Gasteiger partial charge on any atom is 0.426 e. The summed E-state index contributed by atoms with van der Waals surface area (Å²) in [6, 6.07) is 3.27. The summed E-state index contributed by atoms with van der Waals surface area (Å²) in [7, 11) is 0. The topological polar surface area (TPSA) is 86.8 Å². The van der Waals surface area contributed by atoms with E-state index in [2.05, 4.69) is 0 Å². The number of anilines is 1. The molecular formula is C15H24N2O3. The first-order chi connectivity index (χ1) is 8.85. The van der Waals surface area contributed by atoms with Crippen molar-refractivity contribution in [2.24, 2.45) is 5.84 Å². The van der Waals surface area contributed by atoms with Gasteiger partial charge in [0, 0.05) is 5.56 Å². The summed E-state index contributed by atoms with van der Waals surface area (Å²) in [5, 5.41) is 20.1. The Bertz CT molecular complexity index is 525. The average molecular weight is 280 g/mol. The molecule has 0 aromatic heterocycles. The first kappa shape index (κ1) is 16.3. The second-order valence-electron chi connectivity index (χ2n) is 7.04. The third kappa shape index (κ3) is 3.22. The van der Waals surface area contributed by atoms with Crippen LogP contribution in [0.3, 0.4) is 0 Å². The molecule has 5 heteroatoms. The lowest BCUT2D eigenvalue weighted by Gasteiger charge is -2.29. The first-order valence-corrected chi connectivity index (χ1v) is 6.51. The van der Waals surface area contributed by atoms with Gasteiger partial charge in [-0.1, -0.05) is 41.5 Å². The van der Waals surface area contributed by atoms with E-state index >= 15 is 0 Å². The number of carbonyl (C=O) groups is 1. The lowest BCUT2D eigenvalue weighted by Crippen LogP contribution is -2.38. The zero-order chi connectivity index (χ0) is 15.9. The number of phenols is 1. The molecule has 0 fully saturated rings. The standard InChI is InChI=1S/C15H24N2O3/c1-14(2,3)9-8-12(18)10(15(4,5)6)7-11(9)17(16)13(19)20/h7-8,18H,16H2,1-6H3,(H,19,20). The number of nitrogens with two attached hydrogens (primary N) is 1. The molecule has 0 atom stereocenters. The number of aromatic hydroxyl groups is 1. The van der Waals surface area contributed by atoms with Gasteiger partial charge in [0.1, 0.15) is 5.75 Å². The van der Waals surface area contributed by atoms with Gasteiger partial charge in [-0.05, 0) is 28.5 Å². The van der Waals surface area contributed by atoms with Crippen molar-refractivity contribution in [3.05, 3.63) is 23.3 Å². The molecule has 1 amide bonds. The highest BCUT2D eigenvalue weighted by Crippen LogP contribution is 2.40. The van der Waals surface area contributed by atoms with E-state index < -0.39 is 6.09 Å². The van der Waals surface area contributed by atoms with E-state index in [9.17, 15) is 9.90 Å². The van der Waals surface area contributed by atoms with Crippen molar-refractivity contribution in [2.75, 3.05) is 5.01 Å². The molecule has 0 saturated carbocycles. The van der Waals surface area contributed by atoms with E-state index in [1.54, 1.807) is 12.1 Å². The van der Waals surface area contributed by atoms with Crippen molar-refractivity contribution < 1.29 is 15.0 Å². The van der Waals surface area contributed by atoms with Gasteiger partial charge in [0.2, 0.25) is 0 Å². The molecule has 0 bridgehead atoms. The number of amides is 1. The maximum absolute atomic E-state index is 11.2. The minimum Gasteiger partial charge on any atom is -0.508 e.